The Balaban J connectivity index is 1.77. The molecule has 0 saturated carbocycles. The van der Waals surface area contributed by atoms with Crippen molar-refractivity contribution in [1.29, 1.82) is 0 Å². The molecule has 11 heteroatoms. The Bertz CT molecular complexity index is 1060. The van der Waals surface area contributed by atoms with Crippen LogP contribution in [0.5, 0.6) is 0 Å². The predicted molar refractivity (Wildman–Crippen MR) is 88.3 cm³/mol. The van der Waals surface area contributed by atoms with E-state index in [-0.39, 0.29) is 28.2 Å². The first-order chi connectivity index (χ1) is 11.4. The zero-order valence-corrected chi connectivity index (χ0v) is 14.3. The first-order valence-electron chi connectivity index (χ1n) is 6.65. The summed E-state index contributed by atoms with van der Waals surface area (Å²) in [6.07, 6.45) is 0. The molecule has 1 N–H and O–H groups in total. The van der Waals surface area contributed by atoms with Crippen molar-refractivity contribution in [3.63, 3.8) is 0 Å². The molecular weight excluding hydrogens is 379 g/mol. The first kappa shape index (κ1) is 17.0. The summed E-state index contributed by atoms with van der Waals surface area (Å²) >= 11 is 6.64. The molecule has 2 heterocycles. The molecule has 0 aliphatic heterocycles. The average molecular weight is 389 g/mol. The van der Waals surface area contributed by atoms with Crippen LogP contribution in [0.15, 0.2) is 39.3 Å². The van der Waals surface area contributed by atoms with Gasteiger partial charge in [0.05, 0.1) is 16.3 Å². The maximum absolute atomic E-state index is 13.2. The fourth-order valence-electron chi connectivity index (χ4n) is 1.99. The molecule has 3 aromatic rings. The number of thiophene rings is 1. The smallest absolute Gasteiger partial charge is 0.267 e. The second kappa shape index (κ2) is 6.55. The van der Waals surface area contributed by atoms with Gasteiger partial charge >= 0.3 is 0 Å². The van der Waals surface area contributed by atoms with Crippen LogP contribution in [0.2, 0.25) is 4.34 Å². The number of sulfonamides is 1. The van der Waals surface area contributed by atoms with Crippen LogP contribution in [0.1, 0.15) is 0 Å². The summed E-state index contributed by atoms with van der Waals surface area (Å²) in [5.74, 6) is -0.561. The highest BCUT2D eigenvalue weighted by atomic mass is 35.5. The molecule has 24 heavy (non-hydrogen) atoms. The van der Waals surface area contributed by atoms with Crippen LogP contribution in [0.25, 0.3) is 10.9 Å². The molecule has 0 atom stereocenters. The van der Waals surface area contributed by atoms with E-state index in [9.17, 15) is 17.6 Å². The van der Waals surface area contributed by atoms with Gasteiger partial charge in [0, 0.05) is 6.54 Å². The summed E-state index contributed by atoms with van der Waals surface area (Å²) in [7, 11) is -3.71. The van der Waals surface area contributed by atoms with E-state index in [2.05, 4.69) is 15.0 Å². The predicted octanol–water partition coefficient (Wildman–Crippen LogP) is 1.62. The number of nitrogens with zero attached hydrogens (tertiary/aromatic N) is 3. The minimum absolute atomic E-state index is 0.0450. The van der Waals surface area contributed by atoms with Crippen molar-refractivity contribution in [2.75, 3.05) is 6.54 Å². The Labute approximate surface area is 144 Å². The van der Waals surface area contributed by atoms with Crippen molar-refractivity contribution < 1.29 is 12.8 Å². The van der Waals surface area contributed by atoms with Gasteiger partial charge in [0.25, 0.3) is 5.56 Å². The highest BCUT2D eigenvalue weighted by molar-refractivity contribution is 7.91. The van der Waals surface area contributed by atoms with Crippen LogP contribution in [0.4, 0.5) is 4.39 Å². The molecule has 0 saturated heterocycles. The van der Waals surface area contributed by atoms with E-state index in [1.807, 2.05) is 0 Å². The Hall–Kier alpha value is -1.88. The van der Waals surface area contributed by atoms with E-state index in [4.69, 9.17) is 11.6 Å². The maximum atomic E-state index is 13.2. The quantitative estimate of drug-likeness (QED) is 0.716. The van der Waals surface area contributed by atoms with E-state index < -0.39 is 21.4 Å². The summed E-state index contributed by atoms with van der Waals surface area (Å²) in [5.41, 5.74) is -0.274. The third-order valence-corrected chi connectivity index (χ3v) is 6.30. The van der Waals surface area contributed by atoms with Crippen LogP contribution >= 0.6 is 22.9 Å². The molecule has 0 radical (unpaired) electrons. The monoisotopic (exact) mass is 388 g/mol. The van der Waals surface area contributed by atoms with Crippen molar-refractivity contribution >= 4 is 43.9 Å². The van der Waals surface area contributed by atoms with Gasteiger partial charge in [0.1, 0.15) is 15.5 Å². The Morgan fingerprint density at radius 2 is 2.08 bits per heavy atom. The van der Waals surface area contributed by atoms with E-state index in [1.54, 1.807) is 0 Å². The molecule has 3 rings (SSSR count). The minimum Gasteiger partial charge on any atom is -0.267 e. The number of aromatic nitrogens is 3. The van der Waals surface area contributed by atoms with E-state index in [0.29, 0.717) is 4.34 Å². The van der Waals surface area contributed by atoms with Gasteiger partial charge in [-0.25, -0.2) is 22.2 Å². The van der Waals surface area contributed by atoms with E-state index in [0.717, 1.165) is 22.1 Å². The largest absolute Gasteiger partial charge is 0.277 e. The second-order valence-electron chi connectivity index (χ2n) is 4.74. The van der Waals surface area contributed by atoms with E-state index >= 15 is 0 Å². The van der Waals surface area contributed by atoms with Crippen molar-refractivity contribution in [3.8, 4) is 0 Å². The van der Waals surface area contributed by atoms with Gasteiger partial charge < -0.3 is 0 Å². The second-order valence-corrected chi connectivity index (χ2v) is 8.44. The van der Waals surface area contributed by atoms with Crippen LogP contribution < -0.4 is 10.3 Å². The standard InChI is InChI=1S/C13H10ClFN4O3S2/c14-11-3-4-12(23-11)24(21,22)16-5-6-19-13(20)9-7-8(15)1-2-10(9)17-18-19/h1-4,7,16H,5-6H2. The number of halogens is 2. The molecule has 1 aromatic carbocycles. The van der Waals surface area contributed by atoms with Gasteiger partial charge in [-0.1, -0.05) is 16.8 Å². The molecule has 0 aliphatic carbocycles. The number of hydrogen-bond donors (Lipinski definition) is 1. The summed E-state index contributed by atoms with van der Waals surface area (Å²) in [6.45, 7) is -0.121. The van der Waals surface area contributed by atoms with Gasteiger partial charge in [-0.2, -0.15) is 0 Å². The lowest BCUT2D eigenvalue weighted by Crippen LogP contribution is -2.32. The van der Waals surface area contributed by atoms with Gasteiger partial charge in [-0.3, -0.25) is 4.79 Å². The fraction of sp³-hybridized carbons (Fsp3) is 0.154. The Kier molecular flexibility index (Phi) is 4.63. The molecule has 0 amide bonds. The summed E-state index contributed by atoms with van der Waals surface area (Å²) in [4.78, 5) is 12.2. The summed E-state index contributed by atoms with van der Waals surface area (Å²) < 4.78 is 41.1. The normalized spacial score (nSPS) is 11.9. The summed E-state index contributed by atoms with van der Waals surface area (Å²) in [5, 5.41) is 7.61. The average Bonchev–Trinajstić information content (AvgIpc) is 2.97. The molecule has 0 bridgehead atoms. The minimum atomic E-state index is -3.71. The van der Waals surface area contributed by atoms with Gasteiger partial charge in [0.2, 0.25) is 10.0 Å². The molecule has 2 aromatic heterocycles. The Morgan fingerprint density at radius 3 is 2.79 bits per heavy atom. The third-order valence-electron chi connectivity index (χ3n) is 3.11. The number of fused-ring (bicyclic) bond motifs is 1. The number of hydrogen-bond acceptors (Lipinski definition) is 6. The Morgan fingerprint density at radius 1 is 1.29 bits per heavy atom. The molecule has 7 nitrogen and oxygen atoms in total. The number of nitrogens with one attached hydrogen (secondary N) is 1. The molecule has 0 unspecified atom stereocenters. The topological polar surface area (TPSA) is 93.9 Å². The van der Waals surface area contributed by atoms with Crippen molar-refractivity contribution in [1.82, 2.24) is 19.7 Å². The van der Waals surface area contributed by atoms with E-state index in [1.165, 1.54) is 24.3 Å². The highest BCUT2D eigenvalue weighted by Crippen LogP contribution is 2.25. The van der Waals surface area contributed by atoms with Crippen LogP contribution in [0, 0.1) is 5.82 Å². The molecule has 0 spiro atoms. The lowest BCUT2D eigenvalue weighted by molar-refractivity contribution is 0.532. The van der Waals surface area contributed by atoms with Crippen LogP contribution in [-0.2, 0) is 16.6 Å². The van der Waals surface area contributed by atoms with Crippen LogP contribution in [-0.4, -0.2) is 30.0 Å². The van der Waals surface area contributed by atoms with Crippen molar-refractivity contribution in [2.45, 2.75) is 10.8 Å². The molecule has 0 fully saturated rings. The van der Waals surface area contributed by atoms with Gasteiger partial charge in [-0.15, -0.1) is 16.4 Å². The van der Waals surface area contributed by atoms with Crippen molar-refractivity contribution in [3.05, 3.63) is 50.8 Å². The highest BCUT2D eigenvalue weighted by Gasteiger charge is 2.16. The van der Waals surface area contributed by atoms with Crippen molar-refractivity contribution in [2.24, 2.45) is 0 Å². The first-order valence-corrected chi connectivity index (χ1v) is 9.33. The lowest BCUT2D eigenvalue weighted by Gasteiger charge is -2.06. The number of rotatable bonds is 5. The molecule has 0 aliphatic rings. The van der Waals surface area contributed by atoms with Crippen LogP contribution in [0.3, 0.4) is 0 Å². The third kappa shape index (κ3) is 3.46. The zero-order valence-electron chi connectivity index (χ0n) is 11.9. The fourth-order valence-corrected chi connectivity index (χ4v) is 4.54. The maximum Gasteiger partial charge on any atom is 0.277 e. The summed E-state index contributed by atoms with van der Waals surface area (Å²) in [6, 6.07) is 6.48. The molecule has 126 valence electrons. The molecular formula is C13H10ClFN4O3S2. The number of benzene rings is 1. The zero-order chi connectivity index (χ0) is 17.3. The SMILES string of the molecule is O=c1c2cc(F)ccc2nnn1CCNS(=O)(=O)c1ccc(Cl)s1. The van der Waals surface area contributed by atoms with Gasteiger partial charge in [-0.05, 0) is 30.3 Å². The lowest BCUT2D eigenvalue weighted by atomic mass is 10.2. The van der Waals surface area contributed by atoms with Gasteiger partial charge in [0.15, 0.2) is 0 Å².